The number of alkyl halides is 3. The van der Waals surface area contributed by atoms with Gasteiger partial charge in [-0.1, -0.05) is 12.1 Å². The molecule has 0 saturated carbocycles. The van der Waals surface area contributed by atoms with Crippen LogP contribution in [-0.2, 0) is 6.18 Å². The molecule has 6 nitrogen and oxygen atoms in total. The van der Waals surface area contributed by atoms with Crippen LogP contribution in [0, 0.1) is 13.8 Å². The summed E-state index contributed by atoms with van der Waals surface area (Å²) in [6, 6.07) is 6.08. The Morgan fingerprint density at radius 2 is 1.88 bits per heavy atom. The molecule has 170 valence electrons. The van der Waals surface area contributed by atoms with Crippen LogP contribution in [0.15, 0.2) is 30.5 Å². The largest absolute Gasteiger partial charge is 0.416 e. The van der Waals surface area contributed by atoms with Crippen molar-refractivity contribution in [1.29, 1.82) is 0 Å². The van der Waals surface area contributed by atoms with Crippen molar-refractivity contribution < 1.29 is 13.2 Å². The van der Waals surface area contributed by atoms with E-state index in [0.717, 1.165) is 43.1 Å². The summed E-state index contributed by atoms with van der Waals surface area (Å²) in [6.07, 6.45) is -0.727. The number of rotatable bonds is 4. The fraction of sp³-hybridized carbons (Fsp3) is 0.435. The van der Waals surface area contributed by atoms with Crippen molar-refractivity contribution in [2.75, 3.05) is 23.3 Å². The molecule has 1 fully saturated rings. The molecule has 0 spiro atoms. The highest BCUT2D eigenvalue weighted by Gasteiger charge is 2.33. The maximum atomic E-state index is 13.4. The number of pyridine rings is 1. The molecule has 0 aliphatic carbocycles. The number of nitrogens with zero attached hydrogens (tertiary/aromatic N) is 4. The van der Waals surface area contributed by atoms with Gasteiger partial charge in [0.05, 0.1) is 34.7 Å². The molecule has 1 aromatic carbocycles. The van der Waals surface area contributed by atoms with Crippen molar-refractivity contribution >= 4 is 22.4 Å². The van der Waals surface area contributed by atoms with Crippen molar-refractivity contribution in [1.82, 2.24) is 15.2 Å². The highest BCUT2D eigenvalue weighted by Crippen LogP contribution is 2.36. The Labute approximate surface area is 185 Å². The molecular weight excluding hydrogens is 417 g/mol. The second-order valence-electron chi connectivity index (χ2n) is 8.43. The van der Waals surface area contributed by atoms with Gasteiger partial charge >= 0.3 is 6.18 Å². The lowest BCUT2D eigenvalue weighted by molar-refractivity contribution is -0.138. The van der Waals surface area contributed by atoms with Crippen LogP contribution in [-0.4, -0.2) is 34.3 Å². The molecule has 1 atom stereocenters. The van der Waals surface area contributed by atoms with Gasteiger partial charge in [-0.15, -0.1) is 5.10 Å². The fourth-order valence-electron chi connectivity index (χ4n) is 4.30. The Balaban J connectivity index is 1.69. The standard InChI is InChI=1S/C23H27F3N6/c1-13-18(5-4-6-20(13)23(24,25)26)14(2)29-22-19-11-17(32-9-7-16(27)8-10-32)12-28-21(19)15(3)30-31-22/h4-6,11-12,14,16H,7-10,27H2,1-3H3,(H,29,31)/t14-/m1/s1. The summed E-state index contributed by atoms with van der Waals surface area (Å²) in [7, 11) is 0. The first-order valence-corrected chi connectivity index (χ1v) is 10.7. The topological polar surface area (TPSA) is 80.0 Å². The number of piperidine rings is 1. The molecule has 3 aromatic rings. The minimum absolute atomic E-state index is 0.202. The fourth-order valence-corrected chi connectivity index (χ4v) is 4.30. The van der Waals surface area contributed by atoms with E-state index in [1.165, 1.54) is 13.0 Å². The first-order valence-electron chi connectivity index (χ1n) is 10.7. The van der Waals surface area contributed by atoms with Gasteiger partial charge in [-0.25, -0.2) is 0 Å². The highest BCUT2D eigenvalue weighted by molar-refractivity contribution is 5.92. The molecule has 1 aliphatic heterocycles. The van der Waals surface area contributed by atoms with Crippen LogP contribution in [0.3, 0.4) is 0 Å². The van der Waals surface area contributed by atoms with Gasteiger partial charge in [0.15, 0.2) is 5.82 Å². The lowest BCUT2D eigenvalue weighted by Gasteiger charge is -2.32. The number of nitrogens with one attached hydrogen (secondary N) is 1. The predicted molar refractivity (Wildman–Crippen MR) is 120 cm³/mol. The SMILES string of the molecule is Cc1c([C@@H](C)Nc2nnc(C)c3ncc(N4CCC(N)CC4)cc23)cccc1C(F)(F)F. The van der Waals surface area contributed by atoms with Gasteiger partial charge < -0.3 is 16.0 Å². The Kier molecular flexibility index (Phi) is 5.94. The average Bonchev–Trinajstić information content (AvgIpc) is 2.75. The number of hydrogen-bond acceptors (Lipinski definition) is 6. The average molecular weight is 445 g/mol. The van der Waals surface area contributed by atoms with E-state index in [1.54, 1.807) is 6.07 Å². The summed E-state index contributed by atoms with van der Waals surface area (Å²) >= 11 is 0. The van der Waals surface area contributed by atoms with Crippen LogP contribution in [0.5, 0.6) is 0 Å². The first kappa shape index (κ1) is 22.3. The molecule has 1 aliphatic rings. The third-order valence-electron chi connectivity index (χ3n) is 6.18. The van der Waals surface area contributed by atoms with Gasteiger partial charge in [0.2, 0.25) is 0 Å². The number of fused-ring (bicyclic) bond motifs is 1. The predicted octanol–water partition coefficient (Wildman–Crippen LogP) is 4.76. The maximum absolute atomic E-state index is 13.4. The monoisotopic (exact) mass is 444 g/mol. The van der Waals surface area contributed by atoms with Crippen LogP contribution in [0.4, 0.5) is 24.7 Å². The summed E-state index contributed by atoms with van der Waals surface area (Å²) in [5.41, 5.74) is 8.55. The number of aromatic nitrogens is 3. The highest BCUT2D eigenvalue weighted by atomic mass is 19.4. The van der Waals surface area contributed by atoms with Crippen LogP contribution in [0.2, 0.25) is 0 Å². The van der Waals surface area contributed by atoms with Crippen molar-refractivity contribution in [2.24, 2.45) is 5.73 Å². The van der Waals surface area contributed by atoms with Crippen molar-refractivity contribution in [3.05, 3.63) is 52.8 Å². The summed E-state index contributed by atoms with van der Waals surface area (Å²) in [4.78, 5) is 6.86. The summed E-state index contributed by atoms with van der Waals surface area (Å²) < 4.78 is 40.1. The van der Waals surface area contributed by atoms with E-state index in [4.69, 9.17) is 5.73 Å². The molecule has 0 amide bonds. The molecule has 2 aromatic heterocycles. The smallest absolute Gasteiger partial charge is 0.370 e. The van der Waals surface area contributed by atoms with Crippen LogP contribution in [0.25, 0.3) is 10.9 Å². The zero-order chi connectivity index (χ0) is 23.0. The second-order valence-corrected chi connectivity index (χ2v) is 8.43. The summed E-state index contributed by atoms with van der Waals surface area (Å²) in [5.74, 6) is 0.498. The Hall–Kier alpha value is -2.94. The third kappa shape index (κ3) is 4.34. The number of anilines is 2. The number of nitrogens with two attached hydrogens (primary N) is 1. The summed E-state index contributed by atoms with van der Waals surface area (Å²) in [5, 5.41) is 12.6. The Morgan fingerprint density at radius 3 is 2.56 bits per heavy atom. The van der Waals surface area contributed by atoms with Crippen LogP contribution in [0.1, 0.15) is 48.2 Å². The Bertz CT molecular complexity index is 1120. The molecule has 32 heavy (non-hydrogen) atoms. The molecule has 9 heteroatoms. The van der Waals surface area contributed by atoms with E-state index < -0.39 is 17.8 Å². The van der Waals surface area contributed by atoms with E-state index in [9.17, 15) is 13.2 Å². The molecule has 4 rings (SSSR count). The lowest BCUT2D eigenvalue weighted by atomic mass is 9.97. The van der Waals surface area contributed by atoms with Gasteiger partial charge in [-0.3, -0.25) is 4.98 Å². The van der Waals surface area contributed by atoms with E-state index in [-0.39, 0.29) is 11.6 Å². The van der Waals surface area contributed by atoms with Gasteiger partial charge in [0, 0.05) is 24.5 Å². The lowest BCUT2D eigenvalue weighted by Crippen LogP contribution is -2.39. The van der Waals surface area contributed by atoms with Crippen molar-refractivity contribution in [2.45, 2.75) is 51.9 Å². The van der Waals surface area contributed by atoms with Gasteiger partial charge in [0.25, 0.3) is 0 Å². The summed E-state index contributed by atoms with van der Waals surface area (Å²) in [6.45, 7) is 6.87. The van der Waals surface area contributed by atoms with E-state index in [1.807, 2.05) is 26.1 Å². The Morgan fingerprint density at radius 1 is 1.16 bits per heavy atom. The van der Waals surface area contributed by atoms with E-state index in [2.05, 4.69) is 25.4 Å². The van der Waals surface area contributed by atoms with Gasteiger partial charge in [-0.2, -0.15) is 18.3 Å². The third-order valence-corrected chi connectivity index (χ3v) is 6.18. The molecular formula is C23H27F3N6. The zero-order valence-electron chi connectivity index (χ0n) is 18.4. The van der Waals surface area contributed by atoms with Crippen molar-refractivity contribution in [3.8, 4) is 0 Å². The maximum Gasteiger partial charge on any atom is 0.416 e. The quantitative estimate of drug-likeness (QED) is 0.604. The van der Waals surface area contributed by atoms with Gasteiger partial charge in [-0.05, 0) is 56.9 Å². The molecule has 3 heterocycles. The van der Waals surface area contributed by atoms with Crippen LogP contribution < -0.4 is 16.0 Å². The number of aryl methyl sites for hydroxylation is 1. The molecule has 0 unspecified atom stereocenters. The molecule has 0 radical (unpaired) electrons. The number of hydrogen-bond donors (Lipinski definition) is 2. The molecule has 0 bridgehead atoms. The van der Waals surface area contributed by atoms with E-state index in [0.29, 0.717) is 22.6 Å². The van der Waals surface area contributed by atoms with Crippen LogP contribution >= 0.6 is 0 Å². The normalized spacial score (nSPS) is 16.4. The first-order chi connectivity index (χ1) is 15.1. The number of halogens is 3. The van der Waals surface area contributed by atoms with Crippen molar-refractivity contribution in [3.63, 3.8) is 0 Å². The number of benzene rings is 1. The second kappa shape index (κ2) is 8.54. The molecule has 1 saturated heterocycles. The van der Waals surface area contributed by atoms with Gasteiger partial charge in [0.1, 0.15) is 0 Å². The minimum atomic E-state index is -4.40. The zero-order valence-corrected chi connectivity index (χ0v) is 18.4. The van der Waals surface area contributed by atoms with E-state index >= 15 is 0 Å². The minimum Gasteiger partial charge on any atom is -0.370 e. The molecule has 3 N–H and O–H groups in total.